The fourth-order valence-corrected chi connectivity index (χ4v) is 2.25. The van der Waals surface area contributed by atoms with Crippen molar-refractivity contribution in [3.63, 3.8) is 0 Å². The van der Waals surface area contributed by atoms with Gasteiger partial charge in [-0.1, -0.05) is 0 Å². The monoisotopic (exact) mass is 223 g/mol. The minimum Gasteiger partial charge on any atom is -0.370 e. The van der Waals surface area contributed by atoms with Crippen molar-refractivity contribution in [3.8, 4) is 0 Å². The van der Waals surface area contributed by atoms with E-state index >= 15 is 0 Å². The van der Waals surface area contributed by atoms with E-state index in [0.717, 1.165) is 25.9 Å². The third-order valence-corrected chi connectivity index (χ3v) is 3.09. The minimum absolute atomic E-state index is 0.0426. The number of rotatable bonds is 4. The first-order chi connectivity index (χ1) is 7.61. The van der Waals surface area contributed by atoms with Crippen molar-refractivity contribution in [2.24, 2.45) is 0 Å². The molecule has 1 aliphatic heterocycles. The molecule has 90 valence electrons. The van der Waals surface area contributed by atoms with E-state index in [4.69, 9.17) is 4.74 Å². The molecule has 1 saturated heterocycles. The molecule has 1 fully saturated rings. The van der Waals surface area contributed by atoms with E-state index in [2.05, 4.69) is 30.3 Å². The van der Waals surface area contributed by atoms with Gasteiger partial charge in [-0.3, -0.25) is 4.68 Å². The normalized spacial score (nSPS) is 23.8. The van der Waals surface area contributed by atoms with E-state index in [9.17, 15) is 0 Å². The summed E-state index contributed by atoms with van der Waals surface area (Å²) < 4.78 is 8.02. The Bertz CT molecular complexity index is 346. The smallest absolute Gasteiger partial charge is 0.0779 e. The van der Waals surface area contributed by atoms with E-state index in [1.54, 1.807) is 0 Å². The third kappa shape index (κ3) is 2.62. The van der Waals surface area contributed by atoms with Crippen LogP contribution in [0.25, 0.3) is 0 Å². The average molecular weight is 223 g/mol. The lowest BCUT2D eigenvalue weighted by molar-refractivity contribution is -0.0233. The quantitative estimate of drug-likeness (QED) is 0.842. The molecule has 1 aromatic heterocycles. The molecule has 16 heavy (non-hydrogen) atoms. The molecule has 0 bridgehead atoms. The lowest BCUT2D eigenvalue weighted by Gasteiger charge is -2.19. The van der Waals surface area contributed by atoms with Crippen molar-refractivity contribution in [2.45, 2.75) is 51.5 Å². The summed E-state index contributed by atoms with van der Waals surface area (Å²) in [4.78, 5) is 0. The van der Waals surface area contributed by atoms with Crippen LogP contribution < -0.4 is 5.32 Å². The first kappa shape index (κ1) is 11.6. The number of hydrogen-bond acceptors (Lipinski definition) is 3. The van der Waals surface area contributed by atoms with Gasteiger partial charge in [0.25, 0.3) is 0 Å². The van der Waals surface area contributed by atoms with Crippen molar-refractivity contribution >= 4 is 0 Å². The molecule has 1 atom stereocenters. The molecule has 1 aromatic rings. The Morgan fingerprint density at radius 3 is 3.06 bits per heavy atom. The highest BCUT2D eigenvalue weighted by Gasteiger charge is 2.31. The zero-order valence-electron chi connectivity index (χ0n) is 10.4. The van der Waals surface area contributed by atoms with Crippen LogP contribution in [-0.4, -0.2) is 28.5 Å². The second-order valence-electron chi connectivity index (χ2n) is 5.07. The summed E-state index contributed by atoms with van der Waals surface area (Å²) in [5.74, 6) is 0. The maximum atomic E-state index is 5.97. The molecule has 0 aromatic carbocycles. The largest absolute Gasteiger partial charge is 0.370 e. The maximum Gasteiger partial charge on any atom is 0.0779 e. The standard InChI is InChI=1S/C12H21N3O/c1-12(2)6-4-11(16-12)9-15-10(8-13-3)5-7-14-15/h5,7,11,13H,4,6,8-9H2,1-3H3. The van der Waals surface area contributed by atoms with Crippen LogP contribution in [0.15, 0.2) is 12.3 Å². The minimum atomic E-state index is 0.0426. The molecule has 0 saturated carbocycles. The number of nitrogens with zero attached hydrogens (tertiary/aromatic N) is 2. The van der Waals surface area contributed by atoms with Gasteiger partial charge in [0, 0.05) is 12.7 Å². The molecule has 0 radical (unpaired) electrons. The van der Waals surface area contributed by atoms with Gasteiger partial charge < -0.3 is 10.1 Å². The Kier molecular flexibility index (Phi) is 3.30. The molecule has 2 rings (SSSR count). The molecular weight excluding hydrogens is 202 g/mol. The molecule has 0 spiro atoms. The molecule has 4 heteroatoms. The fraction of sp³-hybridized carbons (Fsp3) is 0.750. The van der Waals surface area contributed by atoms with Gasteiger partial charge in [0.2, 0.25) is 0 Å². The van der Waals surface area contributed by atoms with Gasteiger partial charge in [0.1, 0.15) is 0 Å². The molecule has 0 amide bonds. The van der Waals surface area contributed by atoms with E-state index in [1.165, 1.54) is 5.69 Å². The topological polar surface area (TPSA) is 39.1 Å². The molecule has 4 nitrogen and oxygen atoms in total. The summed E-state index contributed by atoms with van der Waals surface area (Å²) in [5.41, 5.74) is 1.26. The Labute approximate surface area is 97.0 Å². The number of ether oxygens (including phenoxy) is 1. The van der Waals surface area contributed by atoms with E-state index in [0.29, 0.717) is 6.10 Å². The van der Waals surface area contributed by atoms with Crippen LogP contribution in [0.3, 0.4) is 0 Å². The summed E-state index contributed by atoms with van der Waals surface area (Å²) in [6, 6.07) is 2.05. The van der Waals surface area contributed by atoms with E-state index in [-0.39, 0.29) is 5.60 Å². The van der Waals surface area contributed by atoms with Crippen LogP contribution >= 0.6 is 0 Å². The van der Waals surface area contributed by atoms with Crippen LogP contribution in [0.1, 0.15) is 32.4 Å². The van der Waals surface area contributed by atoms with Crippen LogP contribution in [0.4, 0.5) is 0 Å². The fourth-order valence-electron chi connectivity index (χ4n) is 2.25. The Morgan fingerprint density at radius 2 is 2.44 bits per heavy atom. The van der Waals surface area contributed by atoms with Crippen molar-refractivity contribution in [2.75, 3.05) is 7.05 Å². The van der Waals surface area contributed by atoms with Crippen LogP contribution in [0, 0.1) is 0 Å². The average Bonchev–Trinajstić information content (AvgIpc) is 2.76. The van der Waals surface area contributed by atoms with Gasteiger partial charge in [-0.05, 0) is 39.8 Å². The van der Waals surface area contributed by atoms with Crippen molar-refractivity contribution in [1.29, 1.82) is 0 Å². The maximum absolute atomic E-state index is 5.97. The van der Waals surface area contributed by atoms with Gasteiger partial charge in [-0.15, -0.1) is 0 Å². The highest BCUT2D eigenvalue weighted by molar-refractivity contribution is 5.00. The van der Waals surface area contributed by atoms with E-state index < -0.39 is 0 Å². The zero-order valence-corrected chi connectivity index (χ0v) is 10.4. The second-order valence-corrected chi connectivity index (χ2v) is 5.07. The lowest BCUT2D eigenvalue weighted by atomic mass is 10.1. The molecule has 1 aliphatic rings. The third-order valence-electron chi connectivity index (χ3n) is 3.09. The van der Waals surface area contributed by atoms with Crippen molar-refractivity contribution in [3.05, 3.63) is 18.0 Å². The second kappa shape index (κ2) is 4.55. The molecule has 0 aliphatic carbocycles. The zero-order chi connectivity index (χ0) is 11.6. The highest BCUT2D eigenvalue weighted by atomic mass is 16.5. The van der Waals surface area contributed by atoms with Crippen LogP contribution in [0.2, 0.25) is 0 Å². The van der Waals surface area contributed by atoms with Crippen LogP contribution in [-0.2, 0) is 17.8 Å². The number of aromatic nitrogens is 2. The molecule has 1 unspecified atom stereocenters. The Hall–Kier alpha value is -0.870. The summed E-state index contributed by atoms with van der Waals surface area (Å²) >= 11 is 0. The van der Waals surface area contributed by atoms with Gasteiger partial charge >= 0.3 is 0 Å². The molecule has 1 N–H and O–H groups in total. The molecule has 2 heterocycles. The Morgan fingerprint density at radius 1 is 1.62 bits per heavy atom. The number of hydrogen-bond donors (Lipinski definition) is 1. The van der Waals surface area contributed by atoms with Crippen LogP contribution in [0.5, 0.6) is 0 Å². The van der Waals surface area contributed by atoms with Gasteiger partial charge in [0.05, 0.1) is 23.9 Å². The predicted octanol–water partition coefficient (Wildman–Crippen LogP) is 1.56. The molecular formula is C12H21N3O. The predicted molar refractivity (Wildman–Crippen MR) is 63.2 cm³/mol. The first-order valence-electron chi connectivity index (χ1n) is 5.94. The SMILES string of the molecule is CNCc1ccnn1CC1CCC(C)(C)O1. The van der Waals surface area contributed by atoms with Gasteiger partial charge in [-0.2, -0.15) is 5.10 Å². The van der Waals surface area contributed by atoms with E-state index in [1.807, 2.05) is 17.9 Å². The van der Waals surface area contributed by atoms with Gasteiger partial charge in [0.15, 0.2) is 0 Å². The highest BCUT2D eigenvalue weighted by Crippen LogP contribution is 2.30. The first-order valence-corrected chi connectivity index (χ1v) is 5.94. The summed E-state index contributed by atoms with van der Waals surface area (Å²) in [6.07, 6.45) is 4.43. The van der Waals surface area contributed by atoms with Crippen molar-refractivity contribution < 1.29 is 4.74 Å². The Balaban J connectivity index is 1.96. The number of nitrogens with one attached hydrogen (secondary N) is 1. The van der Waals surface area contributed by atoms with Gasteiger partial charge in [-0.25, -0.2) is 0 Å². The summed E-state index contributed by atoms with van der Waals surface area (Å²) in [7, 11) is 1.95. The lowest BCUT2D eigenvalue weighted by Crippen LogP contribution is -2.24. The summed E-state index contributed by atoms with van der Waals surface area (Å²) in [6.45, 7) is 6.04. The van der Waals surface area contributed by atoms with Crippen molar-refractivity contribution in [1.82, 2.24) is 15.1 Å². The summed E-state index contributed by atoms with van der Waals surface area (Å²) in [5, 5.41) is 7.49.